The van der Waals surface area contributed by atoms with E-state index >= 15 is 0 Å². The Morgan fingerprint density at radius 3 is 2.67 bits per heavy atom. The lowest BCUT2D eigenvalue weighted by atomic mass is 10.1. The van der Waals surface area contributed by atoms with Gasteiger partial charge in [0.25, 0.3) is 0 Å². The van der Waals surface area contributed by atoms with Gasteiger partial charge in [-0.05, 0) is 43.5 Å². The molecule has 0 heterocycles. The molecule has 0 saturated carbocycles. The molecule has 0 unspecified atom stereocenters. The lowest BCUT2D eigenvalue weighted by Gasteiger charge is -2.11. The molecule has 0 aliphatic heterocycles. The van der Waals surface area contributed by atoms with Gasteiger partial charge in [-0.15, -0.1) is 12.6 Å². The molecule has 2 nitrogen and oxygen atoms in total. The number of amidine groups is 1. The van der Waals surface area contributed by atoms with Crippen molar-refractivity contribution in [3.8, 4) is 0 Å². The lowest BCUT2D eigenvalue weighted by Crippen LogP contribution is -2.08. The molecule has 0 atom stereocenters. The van der Waals surface area contributed by atoms with Gasteiger partial charge in [-0.25, -0.2) is 0 Å². The van der Waals surface area contributed by atoms with E-state index < -0.39 is 0 Å². The molecule has 0 radical (unpaired) electrons. The summed E-state index contributed by atoms with van der Waals surface area (Å²) in [6.07, 6.45) is 7.12. The zero-order chi connectivity index (χ0) is 15.8. The third-order valence-corrected chi connectivity index (χ3v) is 3.50. The number of benzene rings is 1. The van der Waals surface area contributed by atoms with Crippen molar-refractivity contribution in [3.05, 3.63) is 53.6 Å². The van der Waals surface area contributed by atoms with Gasteiger partial charge in [0.1, 0.15) is 0 Å². The van der Waals surface area contributed by atoms with Crippen molar-refractivity contribution < 1.29 is 0 Å². The molecule has 0 aromatic heterocycles. The maximum absolute atomic E-state index is 4.61. The van der Waals surface area contributed by atoms with Crippen molar-refractivity contribution in [2.75, 3.05) is 12.4 Å². The van der Waals surface area contributed by atoms with Crippen LogP contribution in [-0.4, -0.2) is 12.9 Å². The highest BCUT2D eigenvalue weighted by Crippen LogP contribution is 2.26. The third kappa shape index (κ3) is 5.27. The lowest BCUT2D eigenvalue weighted by molar-refractivity contribution is 1.20. The molecule has 0 fully saturated rings. The highest BCUT2D eigenvalue weighted by atomic mass is 32.1. The Morgan fingerprint density at radius 2 is 2.10 bits per heavy atom. The van der Waals surface area contributed by atoms with Crippen molar-refractivity contribution in [1.29, 1.82) is 0 Å². The molecule has 0 aliphatic carbocycles. The predicted molar refractivity (Wildman–Crippen MR) is 100 cm³/mol. The van der Waals surface area contributed by atoms with E-state index in [2.05, 4.69) is 67.6 Å². The first-order chi connectivity index (χ1) is 10.0. The average molecular weight is 300 g/mol. The zero-order valence-corrected chi connectivity index (χ0v) is 14.2. The maximum Gasteiger partial charge on any atom is 0.0972 e. The third-order valence-electron chi connectivity index (χ3n) is 3.11. The van der Waals surface area contributed by atoms with Crippen LogP contribution < -0.4 is 5.32 Å². The SMILES string of the molecule is C=Cc1ccc(/C(S)=C/C(C)=C/CC)cc1NC(C)=NC. The maximum atomic E-state index is 4.61. The topological polar surface area (TPSA) is 24.4 Å². The van der Waals surface area contributed by atoms with Gasteiger partial charge in [-0.2, -0.15) is 0 Å². The Balaban J connectivity index is 3.18. The number of thiol groups is 1. The molecule has 0 bridgehead atoms. The van der Waals surface area contributed by atoms with Crippen molar-refractivity contribution in [3.63, 3.8) is 0 Å². The summed E-state index contributed by atoms with van der Waals surface area (Å²) in [5.41, 5.74) is 4.32. The summed E-state index contributed by atoms with van der Waals surface area (Å²) < 4.78 is 0. The molecule has 0 spiro atoms. The molecule has 3 heteroatoms. The minimum Gasteiger partial charge on any atom is -0.344 e. The number of hydrogen-bond donors (Lipinski definition) is 2. The Kier molecular flexibility index (Phi) is 7.03. The molecular formula is C18H24N2S. The van der Waals surface area contributed by atoms with Gasteiger partial charge in [-0.1, -0.05) is 43.4 Å². The number of hydrogen-bond acceptors (Lipinski definition) is 2. The minimum atomic E-state index is 0.863. The van der Waals surface area contributed by atoms with Crippen molar-refractivity contribution in [2.45, 2.75) is 27.2 Å². The first kappa shape index (κ1) is 17.3. The van der Waals surface area contributed by atoms with E-state index in [1.165, 1.54) is 5.57 Å². The van der Waals surface area contributed by atoms with E-state index in [9.17, 15) is 0 Å². The Bertz CT molecular complexity index is 595. The van der Waals surface area contributed by atoms with Crippen LogP contribution in [0.3, 0.4) is 0 Å². The van der Waals surface area contributed by atoms with Crippen LogP contribution in [0.2, 0.25) is 0 Å². The number of allylic oxidation sites excluding steroid dienone is 3. The second kappa shape index (κ2) is 8.53. The first-order valence-electron chi connectivity index (χ1n) is 7.06. The van der Waals surface area contributed by atoms with Crippen LogP contribution in [-0.2, 0) is 0 Å². The molecule has 0 amide bonds. The largest absolute Gasteiger partial charge is 0.344 e. The number of anilines is 1. The summed E-state index contributed by atoms with van der Waals surface area (Å²) in [6, 6.07) is 6.17. The summed E-state index contributed by atoms with van der Waals surface area (Å²) in [4.78, 5) is 5.08. The smallest absolute Gasteiger partial charge is 0.0972 e. The summed E-state index contributed by atoms with van der Waals surface area (Å²) in [5, 5.41) is 3.29. The van der Waals surface area contributed by atoms with Gasteiger partial charge < -0.3 is 5.32 Å². The average Bonchev–Trinajstić information content (AvgIpc) is 2.47. The van der Waals surface area contributed by atoms with E-state index in [0.29, 0.717) is 0 Å². The molecule has 1 aromatic rings. The van der Waals surface area contributed by atoms with E-state index in [4.69, 9.17) is 0 Å². The Labute approximate surface area is 133 Å². The quantitative estimate of drug-likeness (QED) is 0.323. The molecule has 1 N–H and O–H groups in total. The zero-order valence-electron chi connectivity index (χ0n) is 13.3. The number of rotatable bonds is 5. The van der Waals surface area contributed by atoms with Gasteiger partial charge in [0, 0.05) is 17.6 Å². The van der Waals surface area contributed by atoms with Crippen LogP contribution in [0, 0.1) is 0 Å². The van der Waals surface area contributed by atoms with Gasteiger partial charge in [0.05, 0.1) is 5.84 Å². The molecule has 0 saturated heterocycles. The second-order valence-corrected chi connectivity index (χ2v) is 5.31. The highest BCUT2D eigenvalue weighted by molar-refractivity contribution is 7.90. The van der Waals surface area contributed by atoms with Gasteiger partial charge in [0.15, 0.2) is 0 Å². The van der Waals surface area contributed by atoms with Crippen molar-refractivity contribution >= 4 is 35.1 Å². The van der Waals surface area contributed by atoms with Crippen LogP contribution in [0.1, 0.15) is 38.3 Å². The molecule has 21 heavy (non-hydrogen) atoms. The Hall–Kier alpha value is -1.74. The van der Waals surface area contributed by atoms with E-state index in [1.54, 1.807) is 7.05 Å². The molecule has 1 rings (SSSR count). The fourth-order valence-corrected chi connectivity index (χ4v) is 2.28. The molecule has 1 aromatic carbocycles. The molecule has 112 valence electrons. The fourth-order valence-electron chi connectivity index (χ4n) is 1.93. The summed E-state index contributed by atoms with van der Waals surface area (Å²) in [5.74, 6) is 0.863. The minimum absolute atomic E-state index is 0.863. The van der Waals surface area contributed by atoms with Crippen LogP contribution in [0.15, 0.2) is 47.5 Å². The number of nitrogens with zero attached hydrogens (tertiary/aromatic N) is 1. The summed E-state index contributed by atoms with van der Waals surface area (Å²) >= 11 is 4.61. The number of nitrogens with one attached hydrogen (secondary N) is 1. The first-order valence-corrected chi connectivity index (χ1v) is 7.51. The monoisotopic (exact) mass is 300 g/mol. The highest BCUT2D eigenvalue weighted by Gasteiger charge is 2.04. The standard InChI is InChI=1S/C18H24N2S/c1-6-8-13(3)11-18(21)16-10-9-15(7-2)17(12-16)20-14(4)19-5/h7-12,21H,2,6H2,1,3-5H3,(H,19,20)/b13-8+,18-11-. The molecule has 0 aliphatic rings. The van der Waals surface area contributed by atoms with Gasteiger partial charge in [0.2, 0.25) is 0 Å². The van der Waals surface area contributed by atoms with E-state index in [0.717, 1.165) is 34.0 Å². The van der Waals surface area contributed by atoms with E-state index in [1.807, 2.05) is 19.1 Å². The second-order valence-electron chi connectivity index (χ2n) is 4.83. The molecular weight excluding hydrogens is 276 g/mol. The van der Waals surface area contributed by atoms with Crippen LogP contribution in [0.5, 0.6) is 0 Å². The van der Waals surface area contributed by atoms with Crippen molar-refractivity contribution in [2.24, 2.45) is 4.99 Å². The van der Waals surface area contributed by atoms with E-state index in [-0.39, 0.29) is 0 Å². The van der Waals surface area contributed by atoms with Crippen LogP contribution in [0.4, 0.5) is 5.69 Å². The van der Waals surface area contributed by atoms with Gasteiger partial charge >= 0.3 is 0 Å². The van der Waals surface area contributed by atoms with Crippen LogP contribution in [0.25, 0.3) is 11.0 Å². The predicted octanol–water partition coefficient (Wildman–Crippen LogP) is 5.42. The summed E-state index contributed by atoms with van der Waals surface area (Å²) in [6.45, 7) is 10.0. The summed E-state index contributed by atoms with van der Waals surface area (Å²) in [7, 11) is 1.77. The van der Waals surface area contributed by atoms with Crippen molar-refractivity contribution in [1.82, 2.24) is 0 Å². The number of aliphatic imine (C=N–C) groups is 1. The van der Waals surface area contributed by atoms with Gasteiger partial charge in [-0.3, -0.25) is 4.99 Å². The van der Waals surface area contributed by atoms with Crippen LogP contribution >= 0.6 is 12.6 Å². The normalized spacial score (nSPS) is 13.3. The fraction of sp³-hybridized carbons (Fsp3) is 0.278. The Morgan fingerprint density at radius 1 is 1.38 bits per heavy atom.